The van der Waals surface area contributed by atoms with Gasteiger partial charge in [-0.3, -0.25) is 9.59 Å². The fraction of sp³-hybridized carbons (Fsp3) is 0.250. The Hall–Kier alpha value is -3.35. The molecule has 7 heteroatoms. The summed E-state index contributed by atoms with van der Waals surface area (Å²) in [5.41, 5.74) is 2.68. The molecule has 0 saturated carbocycles. The van der Waals surface area contributed by atoms with Crippen LogP contribution in [-0.4, -0.2) is 30.5 Å². The number of fused-ring (bicyclic) bond motifs is 1. The van der Waals surface area contributed by atoms with Crippen molar-refractivity contribution in [1.29, 1.82) is 0 Å². The van der Waals surface area contributed by atoms with Crippen molar-refractivity contribution in [1.82, 2.24) is 4.98 Å². The first-order valence-electron chi connectivity index (χ1n) is 8.66. The second-order valence-electron chi connectivity index (χ2n) is 6.48. The second kappa shape index (κ2) is 6.75. The lowest BCUT2D eigenvalue weighted by Gasteiger charge is -2.17. The van der Waals surface area contributed by atoms with E-state index in [1.54, 1.807) is 37.1 Å². The van der Waals surface area contributed by atoms with Crippen LogP contribution >= 0.6 is 0 Å². The summed E-state index contributed by atoms with van der Waals surface area (Å²) in [6.07, 6.45) is 0.164. The third-order valence-electron chi connectivity index (χ3n) is 4.65. The molecule has 1 aliphatic rings. The third kappa shape index (κ3) is 3.23. The Kier molecular flexibility index (Phi) is 4.27. The molecule has 0 radical (unpaired) electrons. The number of aryl methyl sites for hydroxylation is 1. The van der Waals surface area contributed by atoms with Crippen molar-refractivity contribution < 1.29 is 18.7 Å². The predicted octanol–water partition coefficient (Wildman–Crippen LogP) is 3.14. The standard InChI is InChI=1S/C20H19N3O4/c1-12-21-16-10-14(7-8-18(16)27-12)23-11-13(9-19(23)24)20(25)22-15-5-3-4-6-17(15)26-2/h3-8,10,13H,9,11H2,1-2H3,(H,22,25). The fourth-order valence-electron chi connectivity index (χ4n) is 3.31. The number of hydrogen-bond donors (Lipinski definition) is 1. The Balaban J connectivity index is 1.51. The minimum Gasteiger partial charge on any atom is -0.495 e. The molecule has 0 aliphatic carbocycles. The Morgan fingerprint density at radius 1 is 1.30 bits per heavy atom. The van der Waals surface area contributed by atoms with Crippen LogP contribution in [0.5, 0.6) is 5.75 Å². The van der Waals surface area contributed by atoms with Crippen LogP contribution in [0.1, 0.15) is 12.3 Å². The summed E-state index contributed by atoms with van der Waals surface area (Å²) in [7, 11) is 1.55. The van der Waals surface area contributed by atoms with Crippen LogP contribution in [0, 0.1) is 12.8 Å². The molecule has 3 aromatic rings. The number of methoxy groups -OCH3 is 1. The topological polar surface area (TPSA) is 84.7 Å². The van der Waals surface area contributed by atoms with Crippen molar-refractivity contribution in [3.05, 3.63) is 48.4 Å². The van der Waals surface area contributed by atoms with E-state index in [0.29, 0.717) is 40.7 Å². The van der Waals surface area contributed by atoms with E-state index in [0.717, 1.165) is 0 Å². The maximum Gasteiger partial charge on any atom is 0.229 e. The van der Waals surface area contributed by atoms with Gasteiger partial charge in [0.1, 0.15) is 11.3 Å². The molecule has 1 fully saturated rings. The second-order valence-corrected chi connectivity index (χ2v) is 6.48. The van der Waals surface area contributed by atoms with E-state index >= 15 is 0 Å². The van der Waals surface area contributed by atoms with Crippen molar-refractivity contribution in [3.8, 4) is 5.75 Å². The van der Waals surface area contributed by atoms with Crippen molar-refractivity contribution in [2.24, 2.45) is 5.92 Å². The number of rotatable bonds is 4. The third-order valence-corrected chi connectivity index (χ3v) is 4.65. The molecule has 1 aromatic heterocycles. The smallest absolute Gasteiger partial charge is 0.229 e. The van der Waals surface area contributed by atoms with Gasteiger partial charge in [0.25, 0.3) is 0 Å². The zero-order chi connectivity index (χ0) is 19.0. The highest BCUT2D eigenvalue weighted by molar-refractivity contribution is 6.04. The number of carbonyl (C=O) groups excluding carboxylic acids is 2. The van der Waals surface area contributed by atoms with E-state index in [9.17, 15) is 9.59 Å². The monoisotopic (exact) mass is 365 g/mol. The highest BCUT2D eigenvalue weighted by atomic mass is 16.5. The van der Waals surface area contributed by atoms with Gasteiger partial charge in [0.05, 0.1) is 18.7 Å². The molecular weight excluding hydrogens is 346 g/mol. The van der Waals surface area contributed by atoms with Gasteiger partial charge in [-0.1, -0.05) is 12.1 Å². The summed E-state index contributed by atoms with van der Waals surface area (Å²) in [5.74, 6) is 0.434. The van der Waals surface area contributed by atoms with Gasteiger partial charge in [0, 0.05) is 25.6 Å². The van der Waals surface area contributed by atoms with E-state index in [4.69, 9.17) is 9.15 Å². The van der Waals surface area contributed by atoms with E-state index in [1.807, 2.05) is 24.3 Å². The van der Waals surface area contributed by atoms with Crippen molar-refractivity contribution in [3.63, 3.8) is 0 Å². The fourth-order valence-corrected chi connectivity index (χ4v) is 3.31. The average Bonchev–Trinajstić information content (AvgIpc) is 3.23. The van der Waals surface area contributed by atoms with Gasteiger partial charge in [-0.25, -0.2) is 4.98 Å². The number of para-hydroxylation sites is 2. The van der Waals surface area contributed by atoms with Crippen LogP contribution in [0.15, 0.2) is 46.9 Å². The van der Waals surface area contributed by atoms with Crippen LogP contribution in [0.3, 0.4) is 0 Å². The van der Waals surface area contributed by atoms with Gasteiger partial charge in [-0.2, -0.15) is 0 Å². The summed E-state index contributed by atoms with van der Waals surface area (Å²) in [6.45, 7) is 2.10. The Labute approximate surface area is 155 Å². The lowest BCUT2D eigenvalue weighted by molar-refractivity contribution is -0.122. The van der Waals surface area contributed by atoms with Crippen molar-refractivity contribution >= 4 is 34.3 Å². The van der Waals surface area contributed by atoms with E-state index < -0.39 is 5.92 Å². The lowest BCUT2D eigenvalue weighted by atomic mass is 10.1. The number of hydrogen-bond acceptors (Lipinski definition) is 5. The number of ether oxygens (including phenoxy) is 1. The number of anilines is 2. The van der Waals surface area contributed by atoms with Crippen LogP contribution in [0.4, 0.5) is 11.4 Å². The minimum absolute atomic E-state index is 0.0882. The van der Waals surface area contributed by atoms with E-state index in [-0.39, 0.29) is 18.2 Å². The Morgan fingerprint density at radius 2 is 2.11 bits per heavy atom. The first-order valence-corrected chi connectivity index (χ1v) is 8.66. The van der Waals surface area contributed by atoms with Gasteiger partial charge in [-0.15, -0.1) is 0 Å². The molecule has 1 N–H and O–H groups in total. The molecule has 7 nitrogen and oxygen atoms in total. The number of nitrogens with zero attached hydrogens (tertiary/aromatic N) is 2. The molecule has 0 bridgehead atoms. The minimum atomic E-state index is -0.433. The highest BCUT2D eigenvalue weighted by Crippen LogP contribution is 2.30. The predicted molar refractivity (Wildman–Crippen MR) is 101 cm³/mol. The summed E-state index contributed by atoms with van der Waals surface area (Å²) < 4.78 is 10.7. The molecule has 2 heterocycles. The molecule has 2 amide bonds. The Morgan fingerprint density at radius 3 is 2.93 bits per heavy atom. The molecular formula is C20H19N3O4. The summed E-state index contributed by atoms with van der Waals surface area (Å²) in [6, 6.07) is 12.6. The molecule has 0 spiro atoms. The number of amides is 2. The molecule has 27 heavy (non-hydrogen) atoms. The van der Waals surface area contributed by atoms with E-state index in [2.05, 4.69) is 10.3 Å². The normalized spacial score (nSPS) is 16.7. The van der Waals surface area contributed by atoms with Crippen LogP contribution in [0.25, 0.3) is 11.1 Å². The number of oxazole rings is 1. The van der Waals surface area contributed by atoms with Gasteiger partial charge in [-0.05, 0) is 30.3 Å². The average molecular weight is 365 g/mol. The van der Waals surface area contributed by atoms with E-state index in [1.165, 1.54) is 0 Å². The largest absolute Gasteiger partial charge is 0.495 e. The SMILES string of the molecule is COc1ccccc1NC(=O)C1CC(=O)N(c2ccc3oc(C)nc3c2)C1. The molecule has 4 rings (SSSR count). The summed E-state index contributed by atoms with van der Waals surface area (Å²) in [4.78, 5) is 31.1. The van der Waals surface area contributed by atoms with Gasteiger partial charge < -0.3 is 19.4 Å². The van der Waals surface area contributed by atoms with Gasteiger partial charge >= 0.3 is 0 Å². The zero-order valence-electron chi connectivity index (χ0n) is 15.1. The van der Waals surface area contributed by atoms with Crippen molar-refractivity contribution in [2.75, 3.05) is 23.9 Å². The number of aromatic nitrogens is 1. The first-order chi connectivity index (χ1) is 13.0. The molecule has 1 atom stereocenters. The maximum atomic E-state index is 12.6. The van der Waals surface area contributed by atoms with Gasteiger partial charge in [0.15, 0.2) is 11.5 Å². The lowest BCUT2D eigenvalue weighted by Crippen LogP contribution is -2.28. The summed E-state index contributed by atoms with van der Waals surface area (Å²) >= 11 is 0. The first kappa shape index (κ1) is 17.1. The molecule has 1 aliphatic heterocycles. The molecule has 138 valence electrons. The number of benzene rings is 2. The zero-order valence-corrected chi connectivity index (χ0v) is 15.1. The van der Waals surface area contributed by atoms with Gasteiger partial charge in [0.2, 0.25) is 11.8 Å². The van der Waals surface area contributed by atoms with Crippen molar-refractivity contribution in [2.45, 2.75) is 13.3 Å². The highest BCUT2D eigenvalue weighted by Gasteiger charge is 2.35. The number of carbonyl (C=O) groups is 2. The van der Waals surface area contributed by atoms with Crippen LogP contribution < -0.4 is 15.0 Å². The van der Waals surface area contributed by atoms with Crippen LogP contribution in [0.2, 0.25) is 0 Å². The molecule has 2 aromatic carbocycles. The summed E-state index contributed by atoms with van der Waals surface area (Å²) in [5, 5.41) is 2.86. The van der Waals surface area contributed by atoms with Crippen LogP contribution in [-0.2, 0) is 9.59 Å². The molecule has 1 unspecified atom stereocenters. The maximum absolute atomic E-state index is 12.6. The quantitative estimate of drug-likeness (QED) is 0.768. The number of nitrogens with one attached hydrogen (secondary N) is 1. The Bertz CT molecular complexity index is 1030. The molecule has 1 saturated heterocycles.